The Morgan fingerprint density at radius 1 is 1.13 bits per heavy atom. The van der Waals surface area contributed by atoms with E-state index in [2.05, 4.69) is 27.7 Å². The summed E-state index contributed by atoms with van der Waals surface area (Å²) >= 11 is 0.909. The summed E-state index contributed by atoms with van der Waals surface area (Å²) in [6, 6.07) is 13.5. The van der Waals surface area contributed by atoms with Gasteiger partial charge in [-0.15, -0.1) is 0 Å². The molecule has 1 aromatic carbocycles. The molecule has 3 aromatic rings. The Morgan fingerprint density at radius 3 is 2.52 bits per heavy atom. The van der Waals surface area contributed by atoms with Gasteiger partial charge in [-0.3, -0.25) is 14.9 Å². The van der Waals surface area contributed by atoms with Gasteiger partial charge in [-0.2, -0.15) is 0 Å². The molecule has 2 heterocycles. The molecule has 9 heteroatoms. The first-order valence-electron chi connectivity index (χ1n) is 10.3. The van der Waals surface area contributed by atoms with Gasteiger partial charge in [0.1, 0.15) is 5.82 Å². The lowest BCUT2D eigenvalue weighted by molar-refractivity contribution is -0.380. The molecule has 0 saturated heterocycles. The molecule has 2 N–H and O–H groups in total. The van der Waals surface area contributed by atoms with Crippen LogP contribution in [0.1, 0.15) is 35.4 Å². The lowest BCUT2D eigenvalue weighted by Crippen LogP contribution is -2.40. The number of benzene rings is 1. The summed E-state index contributed by atoms with van der Waals surface area (Å²) < 4.78 is 0. The lowest BCUT2D eigenvalue weighted by Gasteiger charge is -2.30. The molecule has 0 unspecified atom stereocenters. The van der Waals surface area contributed by atoms with Crippen LogP contribution in [0.2, 0.25) is 0 Å². The summed E-state index contributed by atoms with van der Waals surface area (Å²) in [5.41, 5.74) is 2.08. The first kappa shape index (κ1) is 21.0. The monoisotopic (exact) mass is 439 g/mol. The summed E-state index contributed by atoms with van der Waals surface area (Å²) in [6.07, 6.45) is 3.54. The molecule has 1 aliphatic rings. The van der Waals surface area contributed by atoms with Gasteiger partial charge in [-0.1, -0.05) is 29.5 Å². The third-order valence-corrected chi connectivity index (χ3v) is 6.62. The van der Waals surface area contributed by atoms with Crippen LogP contribution in [0.25, 0.3) is 10.9 Å². The Hall–Kier alpha value is -3.20. The molecule has 31 heavy (non-hydrogen) atoms. The Balaban J connectivity index is 1.36. The fraction of sp³-hybridized carbons (Fsp3) is 0.364. The fourth-order valence-electron chi connectivity index (χ4n) is 4.00. The van der Waals surface area contributed by atoms with Gasteiger partial charge in [0, 0.05) is 49.4 Å². The number of para-hydroxylation sites is 1. The zero-order chi connectivity index (χ0) is 22.0. The van der Waals surface area contributed by atoms with E-state index >= 15 is 0 Å². The predicted molar refractivity (Wildman–Crippen MR) is 124 cm³/mol. The van der Waals surface area contributed by atoms with Gasteiger partial charge < -0.3 is 15.5 Å². The minimum absolute atomic E-state index is 0.0157. The van der Waals surface area contributed by atoms with Crippen LogP contribution < -0.4 is 15.5 Å². The number of carbonyl (C=O) groups excluding carboxylic acids is 1. The van der Waals surface area contributed by atoms with Gasteiger partial charge in [0.05, 0.1) is 15.3 Å². The Bertz CT molecular complexity index is 1110. The molecule has 2 aromatic heterocycles. The lowest BCUT2D eigenvalue weighted by atomic mass is 9.91. The van der Waals surface area contributed by atoms with Crippen molar-refractivity contribution in [1.82, 2.24) is 10.3 Å². The van der Waals surface area contributed by atoms with E-state index in [4.69, 9.17) is 4.98 Å². The van der Waals surface area contributed by atoms with E-state index in [1.807, 2.05) is 32.3 Å². The van der Waals surface area contributed by atoms with Crippen molar-refractivity contribution in [1.29, 1.82) is 0 Å². The molecule has 0 radical (unpaired) electrons. The standard InChI is InChI=1S/C22H25N5O3S/c1-26(2)18-13-20(25-17-6-4-3-5-16(17)18)23-14-7-9-15(10-8-14)24-22(28)19-11-12-21(31-19)27(29)30/h3-6,11-15H,7-10H2,1-2H3,(H,23,25)(H,24,28). The highest BCUT2D eigenvalue weighted by atomic mass is 32.1. The molecule has 0 atom stereocenters. The SMILES string of the molecule is CN(C)c1cc(NC2CCC(NC(=O)c3ccc([N+](=O)[O-])s3)CC2)nc2ccccc12. The third-order valence-electron chi connectivity index (χ3n) is 5.59. The molecule has 162 valence electrons. The van der Waals surface area contributed by atoms with Crippen molar-refractivity contribution >= 4 is 44.7 Å². The van der Waals surface area contributed by atoms with Crippen molar-refractivity contribution in [2.24, 2.45) is 0 Å². The predicted octanol–water partition coefficient (Wildman–Crippen LogP) is 4.42. The van der Waals surface area contributed by atoms with E-state index in [1.165, 1.54) is 12.1 Å². The summed E-state index contributed by atoms with van der Waals surface area (Å²) in [5, 5.41) is 18.5. The number of nitrogens with one attached hydrogen (secondary N) is 2. The van der Waals surface area contributed by atoms with E-state index in [0.29, 0.717) is 10.9 Å². The summed E-state index contributed by atoms with van der Waals surface area (Å²) in [5.74, 6) is 0.627. The van der Waals surface area contributed by atoms with Crippen LogP contribution in [0.15, 0.2) is 42.5 Å². The summed E-state index contributed by atoms with van der Waals surface area (Å²) in [7, 11) is 4.06. The Labute approximate surface area is 184 Å². The summed E-state index contributed by atoms with van der Waals surface area (Å²) in [6.45, 7) is 0. The number of nitrogens with zero attached hydrogens (tertiary/aromatic N) is 3. The second-order valence-corrected chi connectivity index (χ2v) is 9.06. The van der Waals surface area contributed by atoms with Gasteiger partial charge in [-0.05, 0) is 37.8 Å². The number of pyridine rings is 1. The van der Waals surface area contributed by atoms with Crippen molar-refractivity contribution in [3.63, 3.8) is 0 Å². The molecule has 4 rings (SSSR count). The number of nitro groups is 1. The van der Waals surface area contributed by atoms with Crippen molar-refractivity contribution in [3.05, 3.63) is 57.5 Å². The molecule has 1 aliphatic carbocycles. The second-order valence-electron chi connectivity index (χ2n) is 8.00. The summed E-state index contributed by atoms with van der Waals surface area (Å²) in [4.78, 5) is 30.0. The number of fused-ring (bicyclic) bond motifs is 1. The van der Waals surface area contributed by atoms with E-state index in [0.717, 1.165) is 59.4 Å². The number of hydrogen-bond acceptors (Lipinski definition) is 7. The van der Waals surface area contributed by atoms with Crippen molar-refractivity contribution in [2.75, 3.05) is 24.3 Å². The number of carbonyl (C=O) groups is 1. The van der Waals surface area contributed by atoms with Crippen molar-refractivity contribution in [2.45, 2.75) is 37.8 Å². The topological polar surface area (TPSA) is 100 Å². The number of anilines is 2. The van der Waals surface area contributed by atoms with Crippen molar-refractivity contribution < 1.29 is 9.72 Å². The van der Waals surface area contributed by atoms with Crippen LogP contribution in [-0.4, -0.2) is 42.0 Å². The number of hydrogen-bond donors (Lipinski definition) is 2. The van der Waals surface area contributed by atoms with Crippen LogP contribution in [0.5, 0.6) is 0 Å². The van der Waals surface area contributed by atoms with E-state index in [9.17, 15) is 14.9 Å². The largest absolute Gasteiger partial charge is 0.377 e. The minimum atomic E-state index is -0.471. The van der Waals surface area contributed by atoms with Crippen LogP contribution in [-0.2, 0) is 0 Å². The molecule has 0 bridgehead atoms. The van der Waals surface area contributed by atoms with Gasteiger partial charge >= 0.3 is 5.00 Å². The molecular weight excluding hydrogens is 414 g/mol. The maximum absolute atomic E-state index is 12.4. The average Bonchev–Trinajstić information content (AvgIpc) is 3.25. The highest BCUT2D eigenvalue weighted by Crippen LogP contribution is 2.29. The van der Waals surface area contributed by atoms with Gasteiger partial charge in [0.2, 0.25) is 0 Å². The van der Waals surface area contributed by atoms with Crippen LogP contribution in [0.3, 0.4) is 0 Å². The maximum atomic E-state index is 12.4. The molecule has 1 saturated carbocycles. The fourth-order valence-corrected chi connectivity index (χ4v) is 4.72. The molecular formula is C22H25N5O3S. The number of rotatable bonds is 6. The van der Waals surface area contributed by atoms with Crippen LogP contribution in [0.4, 0.5) is 16.5 Å². The highest BCUT2D eigenvalue weighted by molar-refractivity contribution is 7.17. The number of thiophene rings is 1. The smallest absolute Gasteiger partial charge is 0.324 e. The highest BCUT2D eigenvalue weighted by Gasteiger charge is 2.24. The van der Waals surface area contributed by atoms with Crippen LogP contribution >= 0.6 is 11.3 Å². The minimum Gasteiger partial charge on any atom is -0.377 e. The maximum Gasteiger partial charge on any atom is 0.324 e. The van der Waals surface area contributed by atoms with Gasteiger partial charge in [0.15, 0.2) is 0 Å². The normalized spacial score (nSPS) is 18.5. The molecule has 1 amide bonds. The first-order valence-corrected chi connectivity index (χ1v) is 11.1. The zero-order valence-electron chi connectivity index (χ0n) is 17.5. The molecule has 0 spiro atoms. The first-order chi connectivity index (χ1) is 14.9. The van der Waals surface area contributed by atoms with E-state index in [-0.39, 0.29) is 17.0 Å². The van der Waals surface area contributed by atoms with Gasteiger partial charge in [0.25, 0.3) is 5.91 Å². The number of amides is 1. The molecule has 8 nitrogen and oxygen atoms in total. The third kappa shape index (κ3) is 4.77. The van der Waals surface area contributed by atoms with E-state index < -0.39 is 4.92 Å². The van der Waals surface area contributed by atoms with Crippen molar-refractivity contribution in [3.8, 4) is 0 Å². The number of aromatic nitrogens is 1. The average molecular weight is 440 g/mol. The zero-order valence-corrected chi connectivity index (χ0v) is 18.3. The Kier molecular flexibility index (Phi) is 6.03. The Morgan fingerprint density at radius 2 is 1.84 bits per heavy atom. The van der Waals surface area contributed by atoms with Gasteiger partial charge in [-0.25, -0.2) is 4.98 Å². The van der Waals surface area contributed by atoms with Crippen LogP contribution in [0, 0.1) is 10.1 Å². The quantitative estimate of drug-likeness (QED) is 0.435. The van der Waals surface area contributed by atoms with E-state index in [1.54, 1.807) is 0 Å². The molecule has 1 fully saturated rings. The second kappa shape index (κ2) is 8.89. The molecule has 0 aliphatic heterocycles.